The first-order valence-corrected chi connectivity index (χ1v) is 12.2. The molecule has 6 rings (SSSR count). The first kappa shape index (κ1) is 20.6. The Kier molecular flexibility index (Phi) is 4.53. The fraction of sp³-hybridized carbons (Fsp3) is 0.444. The van der Waals surface area contributed by atoms with Gasteiger partial charge in [0.05, 0.1) is 23.5 Å². The summed E-state index contributed by atoms with van der Waals surface area (Å²) in [6.07, 6.45) is 8.75. The Morgan fingerprint density at radius 2 is 2.00 bits per heavy atom. The Morgan fingerprint density at radius 1 is 1.21 bits per heavy atom. The number of pyridine rings is 1. The molecule has 0 bridgehead atoms. The molecular formula is C27H31N5O. The molecule has 0 radical (unpaired) electrons. The first-order chi connectivity index (χ1) is 15.9. The molecule has 1 unspecified atom stereocenters. The van der Waals surface area contributed by atoms with Crippen LogP contribution in [-0.2, 0) is 25.8 Å². The van der Waals surface area contributed by atoms with E-state index in [4.69, 9.17) is 15.8 Å². The Morgan fingerprint density at radius 3 is 2.73 bits per heavy atom. The number of nitrogens with two attached hydrogens (primary N) is 1. The van der Waals surface area contributed by atoms with E-state index in [-0.39, 0.29) is 17.0 Å². The van der Waals surface area contributed by atoms with Gasteiger partial charge in [-0.2, -0.15) is 5.10 Å². The molecule has 3 aromatic rings. The lowest BCUT2D eigenvalue weighted by molar-refractivity contribution is 0.0885. The van der Waals surface area contributed by atoms with Crippen LogP contribution < -0.4 is 11.1 Å². The number of fused-ring (bicyclic) bond motifs is 5. The first-order valence-electron chi connectivity index (χ1n) is 12.2. The van der Waals surface area contributed by atoms with Gasteiger partial charge in [-0.15, -0.1) is 0 Å². The van der Waals surface area contributed by atoms with Crippen LogP contribution in [0, 0.1) is 0 Å². The molecule has 33 heavy (non-hydrogen) atoms. The minimum absolute atomic E-state index is 0.0393. The zero-order valence-electron chi connectivity index (χ0n) is 19.4. The summed E-state index contributed by atoms with van der Waals surface area (Å²) >= 11 is 0. The monoisotopic (exact) mass is 441 g/mol. The van der Waals surface area contributed by atoms with Crippen LogP contribution >= 0.6 is 0 Å². The van der Waals surface area contributed by atoms with Crippen LogP contribution in [0.25, 0.3) is 22.5 Å². The van der Waals surface area contributed by atoms with Crippen molar-refractivity contribution in [1.29, 1.82) is 0 Å². The van der Waals surface area contributed by atoms with E-state index in [1.165, 1.54) is 11.1 Å². The van der Waals surface area contributed by atoms with Gasteiger partial charge in [-0.3, -0.25) is 14.5 Å². The van der Waals surface area contributed by atoms with Crippen molar-refractivity contribution in [2.45, 2.75) is 76.4 Å². The smallest absolute Gasteiger partial charge is 0.270 e. The van der Waals surface area contributed by atoms with Gasteiger partial charge in [0.25, 0.3) is 5.91 Å². The highest BCUT2D eigenvalue weighted by atomic mass is 16.2. The van der Waals surface area contributed by atoms with Gasteiger partial charge in [-0.25, -0.2) is 0 Å². The summed E-state index contributed by atoms with van der Waals surface area (Å²) in [5.41, 5.74) is 14.6. The number of carbonyl (C=O) groups excluding carboxylic acids is 1. The van der Waals surface area contributed by atoms with E-state index >= 15 is 0 Å². The minimum Gasteiger partial charge on any atom is -0.343 e. The molecule has 1 saturated carbocycles. The van der Waals surface area contributed by atoms with Crippen LogP contribution in [-0.4, -0.2) is 31.7 Å². The molecule has 0 saturated heterocycles. The summed E-state index contributed by atoms with van der Waals surface area (Å²) in [6.45, 7) is 5.05. The van der Waals surface area contributed by atoms with E-state index in [9.17, 15) is 4.79 Å². The lowest BCUT2D eigenvalue weighted by Gasteiger charge is -2.24. The molecule has 170 valence electrons. The van der Waals surface area contributed by atoms with Crippen molar-refractivity contribution in [2.24, 2.45) is 5.73 Å². The Labute approximate surface area is 194 Å². The lowest BCUT2D eigenvalue weighted by atomic mass is 9.88. The number of amides is 1. The molecule has 1 fully saturated rings. The summed E-state index contributed by atoms with van der Waals surface area (Å²) in [5, 5.41) is 8.17. The van der Waals surface area contributed by atoms with Gasteiger partial charge in [0.15, 0.2) is 0 Å². The van der Waals surface area contributed by atoms with Crippen LogP contribution in [0.15, 0.2) is 36.5 Å². The van der Waals surface area contributed by atoms with Crippen LogP contribution in [0.2, 0.25) is 0 Å². The SMILES string of the molecule is CCC(C)(N)CCc1ccc(-c2cc3c(cn2)CCc2c-3nn3c2C(=O)NC2(CC2)C3)cc1. The molecule has 1 aromatic carbocycles. The lowest BCUT2D eigenvalue weighted by Crippen LogP contribution is -2.46. The molecule has 2 aliphatic carbocycles. The van der Waals surface area contributed by atoms with Gasteiger partial charge in [-0.1, -0.05) is 31.2 Å². The van der Waals surface area contributed by atoms with Crippen molar-refractivity contribution in [3.8, 4) is 22.5 Å². The standard InChI is InChI=1S/C27H31N5O/c1-3-26(2,28)11-10-17-4-6-18(7-5-17)22-14-21-19(15-29-22)8-9-20-23(21)31-32-16-27(12-13-27)30-25(33)24(20)32/h4-7,14-15H,3,8-13,16,28H2,1-2H3,(H,30,33). The summed E-state index contributed by atoms with van der Waals surface area (Å²) in [5.74, 6) is 0.0393. The zero-order chi connectivity index (χ0) is 22.8. The second-order valence-electron chi connectivity index (χ2n) is 10.5. The van der Waals surface area contributed by atoms with Gasteiger partial charge in [0.1, 0.15) is 5.69 Å². The molecule has 2 aromatic heterocycles. The average Bonchev–Trinajstić information content (AvgIpc) is 3.44. The summed E-state index contributed by atoms with van der Waals surface area (Å²) in [6, 6.07) is 10.8. The summed E-state index contributed by atoms with van der Waals surface area (Å²) < 4.78 is 1.96. The highest BCUT2D eigenvalue weighted by Gasteiger charge is 2.49. The Bertz CT molecular complexity index is 1250. The molecule has 3 aliphatic rings. The quantitative estimate of drug-likeness (QED) is 0.626. The molecular weight excluding hydrogens is 410 g/mol. The number of aryl methyl sites for hydroxylation is 2. The van der Waals surface area contributed by atoms with E-state index in [2.05, 4.69) is 49.5 Å². The molecule has 1 atom stereocenters. The van der Waals surface area contributed by atoms with Crippen molar-refractivity contribution in [2.75, 3.05) is 0 Å². The van der Waals surface area contributed by atoms with Crippen molar-refractivity contribution in [1.82, 2.24) is 20.1 Å². The number of aromatic nitrogens is 3. The van der Waals surface area contributed by atoms with E-state index in [0.717, 1.165) is 85.3 Å². The predicted octanol–water partition coefficient (Wildman–Crippen LogP) is 4.05. The third kappa shape index (κ3) is 3.57. The molecule has 6 heteroatoms. The number of rotatable bonds is 5. The molecule has 1 spiro atoms. The van der Waals surface area contributed by atoms with Gasteiger partial charge < -0.3 is 11.1 Å². The molecule has 1 amide bonds. The van der Waals surface area contributed by atoms with Crippen LogP contribution in [0.5, 0.6) is 0 Å². The molecule has 6 nitrogen and oxygen atoms in total. The zero-order valence-corrected chi connectivity index (χ0v) is 19.4. The maximum atomic E-state index is 12.8. The third-order valence-electron chi connectivity index (χ3n) is 7.88. The Hall–Kier alpha value is -2.99. The fourth-order valence-corrected chi connectivity index (χ4v) is 5.15. The highest BCUT2D eigenvalue weighted by molar-refractivity contribution is 5.98. The van der Waals surface area contributed by atoms with Gasteiger partial charge in [0, 0.05) is 28.4 Å². The molecule has 1 aliphatic heterocycles. The van der Waals surface area contributed by atoms with E-state index in [1.807, 2.05) is 10.9 Å². The molecule has 3 N–H and O–H groups in total. The highest BCUT2D eigenvalue weighted by Crippen LogP contribution is 2.43. The Balaban J connectivity index is 1.30. The van der Waals surface area contributed by atoms with E-state index in [1.54, 1.807) is 0 Å². The maximum absolute atomic E-state index is 12.8. The van der Waals surface area contributed by atoms with Crippen molar-refractivity contribution >= 4 is 5.91 Å². The van der Waals surface area contributed by atoms with Crippen molar-refractivity contribution < 1.29 is 4.79 Å². The molecule has 3 heterocycles. The number of hydrogen-bond donors (Lipinski definition) is 2. The fourth-order valence-electron chi connectivity index (χ4n) is 5.15. The minimum atomic E-state index is -0.115. The second kappa shape index (κ2) is 7.26. The van der Waals surface area contributed by atoms with Gasteiger partial charge >= 0.3 is 0 Å². The second-order valence-corrected chi connectivity index (χ2v) is 10.5. The predicted molar refractivity (Wildman–Crippen MR) is 129 cm³/mol. The normalized spacial score (nSPS) is 19.3. The number of hydrogen-bond acceptors (Lipinski definition) is 4. The van der Waals surface area contributed by atoms with Crippen molar-refractivity contribution in [3.63, 3.8) is 0 Å². The largest absolute Gasteiger partial charge is 0.343 e. The van der Waals surface area contributed by atoms with Crippen molar-refractivity contribution in [3.05, 3.63) is 58.9 Å². The van der Waals surface area contributed by atoms with E-state index < -0.39 is 0 Å². The summed E-state index contributed by atoms with van der Waals surface area (Å²) in [7, 11) is 0. The number of nitrogens with one attached hydrogen (secondary N) is 1. The van der Waals surface area contributed by atoms with Crippen LogP contribution in [0.1, 0.15) is 66.7 Å². The van der Waals surface area contributed by atoms with Gasteiger partial charge in [-0.05, 0) is 69.1 Å². The number of carbonyl (C=O) groups is 1. The van der Waals surface area contributed by atoms with Gasteiger partial charge in [0.2, 0.25) is 0 Å². The third-order valence-corrected chi connectivity index (χ3v) is 7.88. The van der Waals surface area contributed by atoms with E-state index in [0.29, 0.717) is 0 Å². The average molecular weight is 442 g/mol. The number of nitrogens with zero attached hydrogens (tertiary/aromatic N) is 3. The number of benzene rings is 1. The van der Waals surface area contributed by atoms with Crippen LogP contribution in [0.4, 0.5) is 0 Å². The topological polar surface area (TPSA) is 85.8 Å². The maximum Gasteiger partial charge on any atom is 0.270 e. The summed E-state index contributed by atoms with van der Waals surface area (Å²) in [4.78, 5) is 17.6. The van der Waals surface area contributed by atoms with Crippen LogP contribution in [0.3, 0.4) is 0 Å².